The van der Waals surface area contributed by atoms with Gasteiger partial charge >= 0.3 is 12.1 Å². The molecule has 13 nitrogen and oxygen atoms in total. The summed E-state index contributed by atoms with van der Waals surface area (Å²) < 4.78 is 10.4. The lowest BCUT2D eigenvalue weighted by molar-refractivity contribution is 0.261. The molecule has 2 heterocycles. The van der Waals surface area contributed by atoms with Gasteiger partial charge in [0, 0.05) is 59.7 Å². The van der Waals surface area contributed by atoms with Crippen LogP contribution in [-0.2, 0) is 10.8 Å². The van der Waals surface area contributed by atoms with Gasteiger partial charge in [-0.05, 0) is 48.5 Å². The highest BCUT2D eigenvalue weighted by molar-refractivity contribution is 5.99. The van der Waals surface area contributed by atoms with E-state index in [-0.39, 0.29) is 22.9 Å². The lowest BCUT2D eigenvalue weighted by Gasteiger charge is -2.12. The lowest BCUT2D eigenvalue weighted by atomic mass is 9.93. The number of hydrogen-bond acceptors (Lipinski definition) is 9. The first-order valence-corrected chi connectivity index (χ1v) is 13.7. The van der Waals surface area contributed by atoms with Crippen molar-refractivity contribution in [2.24, 2.45) is 0 Å². The number of aromatic nitrogens is 2. The molecule has 4 aromatic rings. The summed E-state index contributed by atoms with van der Waals surface area (Å²) in [6.07, 6.45) is 0. The first-order valence-electron chi connectivity index (χ1n) is 13.7. The smallest absolute Gasteiger partial charge is 0.324 e. The standard InChI is InChI=1S/C15H20N4O2.C14H18N4O2.C2H3N/c1-15(2,3)12-9-13(19-21-12)18-14(20)17-11-7-5-10(16-4)6-8-11;1-14(2,3)11-8-12(18-20-11)17-13(19)16-10-6-4-9(15)5-7-10;1-2-3/h5-9,16H,1-4H3,(H2,17,18,19,20);4-8H,15H2,1-3H3,(H2,16,17,18,19);1H3. The van der Waals surface area contributed by atoms with Gasteiger partial charge in [-0.2, -0.15) is 5.26 Å². The van der Waals surface area contributed by atoms with E-state index in [1.165, 1.54) is 6.92 Å². The summed E-state index contributed by atoms with van der Waals surface area (Å²) in [7, 11) is 1.84. The molecule has 0 bridgehead atoms. The molecule has 2 aromatic heterocycles. The number of nitrogens with two attached hydrogens (primary N) is 1. The molecule has 0 unspecified atom stereocenters. The molecule has 4 amide bonds. The minimum absolute atomic E-state index is 0.146. The van der Waals surface area contributed by atoms with Crippen molar-refractivity contribution < 1.29 is 18.6 Å². The number of anilines is 6. The maximum atomic E-state index is 11.9. The van der Waals surface area contributed by atoms with Crippen LogP contribution in [0.4, 0.5) is 44.0 Å². The van der Waals surface area contributed by atoms with Crippen molar-refractivity contribution in [3.05, 3.63) is 72.2 Å². The largest absolute Gasteiger partial charge is 0.399 e. The molecular weight excluding hydrogens is 562 g/mol. The highest BCUT2D eigenvalue weighted by Crippen LogP contribution is 2.25. The van der Waals surface area contributed by atoms with E-state index >= 15 is 0 Å². The summed E-state index contributed by atoms with van der Waals surface area (Å²) in [5, 5.41) is 28.6. The Morgan fingerprint density at radius 3 is 1.36 bits per heavy atom. The predicted octanol–water partition coefficient (Wildman–Crippen LogP) is 7.39. The molecule has 0 aliphatic rings. The molecule has 13 heteroatoms. The normalized spacial score (nSPS) is 10.5. The first-order chi connectivity index (χ1) is 20.6. The third kappa shape index (κ3) is 11.8. The van der Waals surface area contributed by atoms with Gasteiger partial charge in [0.05, 0.1) is 6.07 Å². The number of nitrogens with one attached hydrogen (secondary N) is 5. The van der Waals surface area contributed by atoms with Crippen LogP contribution in [-0.4, -0.2) is 29.4 Å². The van der Waals surface area contributed by atoms with Crippen LogP contribution >= 0.6 is 0 Å². The fourth-order valence-corrected chi connectivity index (χ4v) is 3.22. The quantitative estimate of drug-likeness (QED) is 0.126. The first kappa shape index (κ1) is 34.7. The van der Waals surface area contributed by atoms with Gasteiger partial charge < -0.3 is 30.7 Å². The van der Waals surface area contributed by atoms with Gasteiger partial charge in [0.2, 0.25) is 0 Å². The number of urea groups is 2. The van der Waals surface area contributed by atoms with E-state index in [9.17, 15) is 9.59 Å². The van der Waals surface area contributed by atoms with Gasteiger partial charge in [0.25, 0.3) is 0 Å². The van der Waals surface area contributed by atoms with Crippen molar-refractivity contribution in [2.45, 2.75) is 59.3 Å². The van der Waals surface area contributed by atoms with Crippen LogP contribution in [0.15, 0.2) is 69.7 Å². The van der Waals surface area contributed by atoms with Crippen LogP contribution in [0.3, 0.4) is 0 Å². The van der Waals surface area contributed by atoms with Crippen molar-refractivity contribution in [1.82, 2.24) is 10.3 Å². The minimum atomic E-state index is -0.386. The van der Waals surface area contributed by atoms with Gasteiger partial charge in [0.1, 0.15) is 11.5 Å². The van der Waals surface area contributed by atoms with Crippen LogP contribution in [0.25, 0.3) is 0 Å². The molecule has 0 fully saturated rings. The fourth-order valence-electron chi connectivity index (χ4n) is 3.22. The number of hydrogen-bond donors (Lipinski definition) is 6. The van der Waals surface area contributed by atoms with Crippen LogP contribution in [0.5, 0.6) is 0 Å². The molecule has 234 valence electrons. The van der Waals surface area contributed by atoms with Crippen molar-refractivity contribution in [2.75, 3.05) is 39.4 Å². The van der Waals surface area contributed by atoms with E-state index in [0.29, 0.717) is 34.5 Å². The summed E-state index contributed by atoms with van der Waals surface area (Å²) in [5.74, 6) is 2.20. The molecule has 44 heavy (non-hydrogen) atoms. The topological polar surface area (TPSA) is 196 Å². The summed E-state index contributed by atoms with van der Waals surface area (Å²) in [6.45, 7) is 13.5. The number of nitrogens with zero attached hydrogens (tertiary/aromatic N) is 3. The molecule has 0 atom stereocenters. The minimum Gasteiger partial charge on any atom is -0.399 e. The average molecular weight is 604 g/mol. The number of carbonyl (C=O) groups is 2. The Labute approximate surface area is 257 Å². The number of nitrogen functional groups attached to an aromatic ring is 1. The number of benzene rings is 2. The van der Waals surface area contributed by atoms with Gasteiger partial charge in [-0.25, -0.2) is 9.59 Å². The van der Waals surface area contributed by atoms with E-state index in [4.69, 9.17) is 20.0 Å². The second kappa shape index (κ2) is 15.6. The number of rotatable bonds is 5. The Morgan fingerprint density at radius 1 is 0.705 bits per heavy atom. The van der Waals surface area contributed by atoms with E-state index in [1.807, 2.05) is 72.9 Å². The SMILES string of the molecule is CC#N.CC(C)(C)c1cc(NC(=O)Nc2ccc(N)cc2)no1.CNc1ccc(NC(=O)Nc2cc(C(C)(C)C)on2)cc1. The van der Waals surface area contributed by atoms with Crippen molar-refractivity contribution in [1.29, 1.82) is 5.26 Å². The molecular formula is C31H41N9O4. The van der Waals surface area contributed by atoms with Crippen LogP contribution in [0.1, 0.15) is 60.0 Å². The zero-order valence-corrected chi connectivity index (χ0v) is 26.3. The highest BCUT2D eigenvalue weighted by Gasteiger charge is 2.21. The second-order valence-corrected chi connectivity index (χ2v) is 11.5. The zero-order chi connectivity index (χ0) is 32.9. The van der Waals surface area contributed by atoms with Crippen LogP contribution < -0.4 is 32.3 Å². The molecule has 4 rings (SSSR count). The Kier molecular flexibility index (Phi) is 12.3. The molecule has 0 saturated heterocycles. The van der Waals surface area contributed by atoms with E-state index in [0.717, 1.165) is 11.4 Å². The number of amides is 4. The third-order valence-electron chi connectivity index (χ3n) is 5.58. The van der Waals surface area contributed by atoms with E-state index < -0.39 is 0 Å². The Morgan fingerprint density at radius 2 is 1.05 bits per heavy atom. The Balaban J connectivity index is 0.000000282. The summed E-state index contributed by atoms with van der Waals surface area (Å²) in [5.41, 5.74) is 8.24. The van der Waals surface area contributed by atoms with Crippen molar-refractivity contribution in [3.63, 3.8) is 0 Å². The molecule has 7 N–H and O–H groups in total. The van der Waals surface area contributed by atoms with Crippen molar-refractivity contribution >= 4 is 46.4 Å². The lowest BCUT2D eigenvalue weighted by Crippen LogP contribution is -2.19. The molecule has 0 aliphatic carbocycles. The maximum absolute atomic E-state index is 11.9. The predicted molar refractivity (Wildman–Crippen MR) is 174 cm³/mol. The van der Waals surface area contributed by atoms with Crippen molar-refractivity contribution in [3.8, 4) is 6.07 Å². The average Bonchev–Trinajstić information content (AvgIpc) is 3.61. The molecule has 0 radical (unpaired) electrons. The maximum Gasteiger partial charge on any atom is 0.324 e. The zero-order valence-electron chi connectivity index (χ0n) is 26.3. The molecule has 2 aromatic carbocycles. The summed E-state index contributed by atoms with van der Waals surface area (Å²) in [4.78, 5) is 23.7. The molecule has 0 spiro atoms. The monoisotopic (exact) mass is 603 g/mol. The van der Waals surface area contributed by atoms with Crippen LogP contribution in [0, 0.1) is 11.3 Å². The fraction of sp³-hybridized carbons (Fsp3) is 0.323. The molecule has 0 aliphatic heterocycles. The van der Waals surface area contributed by atoms with E-state index in [1.54, 1.807) is 42.5 Å². The molecule has 0 saturated carbocycles. The second-order valence-electron chi connectivity index (χ2n) is 11.5. The van der Waals surface area contributed by atoms with Gasteiger partial charge in [-0.15, -0.1) is 0 Å². The number of nitriles is 1. The van der Waals surface area contributed by atoms with Crippen LogP contribution in [0.2, 0.25) is 0 Å². The summed E-state index contributed by atoms with van der Waals surface area (Å²) >= 11 is 0. The van der Waals surface area contributed by atoms with Gasteiger partial charge in [-0.1, -0.05) is 51.9 Å². The Hall–Kier alpha value is -5.51. The number of carbonyl (C=O) groups excluding carboxylic acids is 2. The Bertz CT molecular complexity index is 1520. The summed E-state index contributed by atoms with van der Waals surface area (Å²) in [6, 6.07) is 18.7. The van der Waals surface area contributed by atoms with Gasteiger partial charge in [-0.3, -0.25) is 10.6 Å². The van der Waals surface area contributed by atoms with E-state index in [2.05, 4.69) is 36.9 Å². The third-order valence-corrected chi connectivity index (χ3v) is 5.58. The van der Waals surface area contributed by atoms with Gasteiger partial charge in [0.15, 0.2) is 11.6 Å². The highest BCUT2D eigenvalue weighted by atomic mass is 16.5.